The number of rotatable bonds is 3. The van der Waals surface area contributed by atoms with Crippen molar-refractivity contribution < 1.29 is 9.59 Å². The summed E-state index contributed by atoms with van der Waals surface area (Å²) in [6.07, 6.45) is 8.20. The summed E-state index contributed by atoms with van der Waals surface area (Å²) in [6.45, 7) is 2.72. The highest BCUT2D eigenvalue weighted by Gasteiger charge is 2.50. The fraction of sp³-hybridized carbons (Fsp3) is 0.867. The molecule has 0 atom stereocenters. The molecule has 3 rings (SSSR count). The van der Waals surface area contributed by atoms with Crippen LogP contribution < -0.4 is 10.6 Å². The number of carbonyl (C=O) groups excluding carboxylic acids is 2. The molecule has 0 radical (unpaired) electrons. The first kappa shape index (κ1) is 13.9. The van der Waals surface area contributed by atoms with Gasteiger partial charge in [0.15, 0.2) is 0 Å². The normalized spacial score (nSPS) is 27.1. The minimum absolute atomic E-state index is 0.0381. The lowest BCUT2D eigenvalue weighted by atomic mass is 9.81. The van der Waals surface area contributed by atoms with Crippen LogP contribution in [0.2, 0.25) is 0 Å². The molecule has 2 N–H and O–H groups in total. The maximum absolute atomic E-state index is 12.6. The Hall–Kier alpha value is -1.10. The predicted molar refractivity (Wildman–Crippen MR) is 76.3 cm³/mol. The molecule has 2 saturated heterocycles. The average Bonchev–Trinajstić information content (AvgIpc) is 2.70. The van der Waals surface area contributed by atoms with E-state index in [2.05, 4.69) is 10.6 Å². The third-order valence-electron chi connectivity index (χ3n) is 5.17. The summed E-state index contributed by atoms with van der Waals surface area (Å²) in [7, 11) is 0. The van der Waals surface area contributed by atoms with E-state index >= 15 is 0 Å². The Morgan fingerprint density at radius 1 is 1.10 bits per heavy atom. The lowest BCUT2D eigenvalue weighted by Crippen LogP contribution is -2.48. The van der Waals surface area contributed by atoms with Gasteiger partial charge in [0.25, 0.3) is 5.91 Å². The summed E-state index contributed by atoms with van der Waals surface area (Å²) in [4.78, 5) is 26.2. The van der Waals surface area contributed by atoms with E-state index in [1.54, 1.807) is 0 Å². The molecule has 5 heteroatoms. The van der Waals surface area contributed by atoms with Gasteiger partial charge in [-0.2, -0.15) is 0 Å². The predicted octanol–water partition coefficient (Wildman–Crippen LogP) is 1.63. The monoisotopic (exact) mass is 279 g/mol. The van der Waals surface area contributed by atoms with E-state index in [4.69, 9.17) is 0 Å². The van der Waals surface area contributed by atoms with Gasteiger partial charge in [0, 0.05) is 6.54 Å². The Morgan fingerprint density at radius 2 is 1.80 bits per heavy atom. The molecule has 112 valence electrons. The van der Waals surface area contributed by atoms with Crippen LogP contribution in [-0.2, 0) is 4.79 Å². The molecule has 3 amide bonds. The van der Waals surface area contributed by atoms with Gasteiger partial charge < -0.3 is 10.6 Å². The molecular weight excluding hydrogens is 254 g/mol. The summed E-state index contributed by atoms with van der Waals surface area (Å²) in [5.74, 6) is 0.691. The second-order valence-electron chi connectivity index (χ2n) is 6.51. The first-order chi connectivity index (χ1) is 9.71. The van der Waals surface area contributed by atoms with Gasteiger partial charge in [-0.1, -0.05) is 19.3 Å². The maximum Gasteiger partial charge on any atom is 0.325 e. The molecule has 0 aromatic heterocycles. The van der Waals surface area contributed by atoms with Crippen molar-refractivity contribution in [2.75, 3.05) is 19.6 Å². The molecule has 0 unspecified atom stereocenters. The Labute approximate surface area is 120 Å². The first-order valence-electron chi connectivity index (χ1n) is 8.06. The minimum atomic E-state index is -0.552. The minimum Gasteiger partial charge on any atom is -0.323 e. The zero-order valence-electron chi connectivity index (χ0n) is 12.1. The van der Waals surface area contributed by atoms with E-state index in [9.17, 15) is 9.59 Å². The molecule has 3 aliphatic rings. The summed E-state index contributed by atoms with van der Waals surface area (Å²) < 4.78 is 0. The molecule has 0 aromatic carbocycles. The van der Waals surface area contributed by atoms with Gasteiger partial charge in [0.05, 0.1) is 0 Å². The van der Waals surface area contributed by atoms with Gasteiger partial charge >= 0.3 is 6.03 Å². The molecule has 1 saturated carbocycles. The van der Waals surface area contributed by atoms with Crippen molar-refractivity contribution >= 4 is 11.9 Å². The van der Waals surface area contributed by atoms with Crippen molar-refractivity contribution in [3.05, 3.63) is 0 Å². The first-order valence-corrected chi connectivity index (χ1v) is 8.06. The quantitative estimate of drug-likeness (QED) is 0.772. The number of urea groups is 1. The van der Waals surface area contributed by atoms with Crippen LogP contribution in [0.5, 0.6) is 0 Å². The van der Waals surface area contributed by atoms with Crippen LogP contribution in [0.1, 0.15) is 51.4 Å². The number of nitrogens with zero attached hydrogens (tertiary/aromatic N) is 1. The Balaban J connectivity index is 1.58. The van der Waals surface area contributed by atoms with Crippen LogP contribution in [-0.4, -0.2) is 42.0 Å². The maximum atomic E-state index is 12.6. The number of hydrogen-bond acceptors (Lipinski definition) is 3. The number of nitrogens with one attached hydrogen (secondary N) is 2. The number of imide groups is 1. The van der Waals surface area contributed by atoms with Gasteiger partial charge in [-0.05, 0) is 51.1 Å². The van der Waals surface area contributed by atoms with Crippen LogP contribution in [0.3, 0.4) is 0 Å². The number of piperidine rings is 1. The SMILES string of the molecule is O=C1NC2(CCCCC2)C(=O)N1CCC1CCNCC1. The van der Waals surface area contributed by atoms with Crippen molar-refractivity contribution in [3.63, 3.8) is 0 Å². The zero-order chi connectivity index (χ0) is 14.0. The molecule has 0 bridgehead atoms. The van der Waals surface area contributed by atoms with Gasteiger partial charge in [0.2, 0.25) is 0 Å². The van der Waals surface area contributed by atoms with Crippen LogP contribution in [0, 0.1) is 5.92 Å². The van der Waals surface area contributed by atoms with E-state index in [1.807, 2.05) is 0 Å². The third-order valence-corrected chi connectivity index (χ3v) is 5.17. The van der Waals surface area contributed by atoms with Crippen molar-refractivity contribution in [2.24, 2.45) is 5.92 Å². The van der Waals surface area contributed by atoms with Crippen LogP contribution in [0.25, 0.3) is 0 Å². The molecule has 3 fully saturated rings. The highest BCUT2D eigenvalue weighted by molar-refractivity contribution is 6.07. The van der Waals surface area contributed by atoms with Crippen molar-refractivity contribution in [3.8, 4) is 0 Å². The topological polar surface area (TPSA) is 61.4 Å². The van der Waals surface area contributed by atoms with Gasteiger partial charge in [-0.15, -0.1) is 0 Å². The van der Waals surface area contributed by atoms with Crippen LogP contribution >= 0.6 is 0 Å². The molecular formula is C15H25N3O2. The fourth-order valence-electron chi connectivity index (χ4n) is 3.86. The fourth-order valence-corrected chi connectivity index (χ4v) is 3.86. The van der Waals surface area contributed by atoms with Gasteiger partial charge in [-0.3, -0.25) is 9.69 Å². The second-order valence-corrected chi connectivity index (χ2v) is 6.51. The summed E-state index contributed by atoms with van der Waals surface area (Å²) in [5, 5.41) is 6.33. The highest BCUT2D eigenvalue weighted by atomic mass is 16.2. The van der Waals surface area contributed by atoms with Crippen molar-refractivity contribution in [1.82, 2.24) is 15.5 Å². The summed E-state index contributed by atoms with van der Waals surface area (Å²) in [6, 6.07) is -0.161. The molecule has 2 heterocycles. The smallest absolute Gasteiger partial charge is 0.323 e. The standard InChI is InChI=1S/C15H25N3O2/c19-13-15(7-2-1-3-8-15)17-14(20)18(13)11-6-12-4-9-16-10-5-12/h12,16H,1-11H2,(H,17,20). The van der Waals surface area contributed by atoms with E-state index < -0.39 is 5.54 Å². The van der Waals surface area contributed by atoms with Gasteiger partial charge in [0.1, 0.15) is 5.54 Å². The number of carbonyl (C=O) groups is 2. The number of hydrogen-bond donors (Lipinski definition) is 2. The Kier molecular flexibility index (Phi) is 3.96. The lowest BCUT2D eigenvalue weighted by Gasteiger charge is -2.30. The zero-order valence-corrected chi connectivity index (χ0v) is 12.1. The highest BCUT2D eigenvalue weighted by Crippen LogP contribution is 2.34. The Bertz CT molecular complexity index is 385. The molecule has 0 aromatic rings. The van der Waals surface area contributed by atoms with E-state index in [1.165, 1.54) is 11.3 Å². The van der Waals surface area contributed by atoms with E-state index in [0.29, 0.717) is 12.5 Å². The molecule has 1 aliphatic carbocycles. The molecule has 1 spiro atoms. The van der Waals surface area contributed by atoms with E-state index in [-0.39, 0.29) is 11.9 Å². The Morgan fingerprint density at radius 3 is 2.50 bits per heavy atom. The van der Waals surface area contributed by atoms with Gasteiger partial charge in [-0.25, -0.2) is 4.79 Å². The summed E-state index contributed by atoms with van der Waals surface area (Å²) >= 11 is 0. The molecule has 5 nitrogen and oxygen atoms in total. The number of amides is 3. The average molecular weight is 279 g/mol. The van der Waals surface area contributed by atoms with Crippen LogP contribution in [0.4, 0.5) is 4.79 Å². The molecule has 20 heavy (non-hydrogen) atoms. The molecule has 2 aliphatic heterocycles. The third kappa shape index (κ3) is 2.55. The van der Waals surface area contributed by atoms with Crippen molar-refractivity contribution in [2.45, 2.75) is 56.9 Å². The van der Waals surface area contributed by atoms with Crippen LogP contribution in [0.15, 0.2) is 0 Å². The largest absolute Gasteiger partial charge is 0.325 e. The lowest BCUT2D eigenvalue weighted by molar-refractivity contribution is -0.132. The summed E-state index contributed by atoms with van der Waals surface area (Å²) in [5.41, 5.74) is -0.552. The van der Waals surface area contributed by atoms with Crippen molar-refractivity contribution in [1.29, 1.82) is 0 Å². The van der Waals surface area contributed by atoms with E-state index in [0.717, 1.165) is 58.0 Å². The second kappa shape index (κ2) is 5.72.